The number of benzene rings is 2. The number of carbonyl (C=O) groups is 2. The van der Waals surface area contributed by atoms with Gasteiger partial charge in [0, 0.05) is 5.56 Å². The van der Waals surface area contributed by atoms with Crippen molar-refractivity contribution in [1.82, 2.24) is 0 Å². The van der Waals surface area contributed by atoms with Gasteiger partial charge in [-0.05, 0) is 68.3 Å². The zero-order valence-electron chi connectivity index (χ0n) is 13.8. The second-order valence-electron chi connectivity index (χ2n) is 5.44. The maximum absolute atomic E-state index is 12.3. The van der Waals surface area contributed by atoms with Gasteiger partial charge in [0.15, 0.2) is 6.10 Å². The summed E-state index contributed by atoms with van der Waals surface area (Å²) >= 11 is 0. The average molecular weight is 312 g/mol. The number of aryl methyl sites for hydroxylation is 2. The van der Waals surface area contributed by atoms with Gasteiger partial charge in [0.05, 0.1) is 12.7 Å². The van der Waals surface area contributed by atoms with Crippen LogP contribution in [0.15, 0.2) is 42.5 Å². The molecule has 1 unspecified atom stereocenters. The highest BCUT2D eigenvalue weighted by atomic mass is 16.5. The lowest BCUT2D eigenvalue weighted by Crippen LogP contribution is -2.24. The molecule has 0 spiro atoms. The molecule has 120 valence electrons. The molecule has 0 saturated heterocycles. The van der Waals surface area contributed by atoms with Crippen LogP contribution in [0.5, 0.6) is 5.75 Å². The van der Waals surface area contributed by atoms with Gasteiger partial charge in [0.2, 0.25) is 5.78 Å². The minimum atomic E-state index is -0.850. The average Bonchev–Trinajstić information content (AvgIpc) is 2.56. The monoisotopic (exact) mass is 312 g/mol. The third kappa shape index (κ3) is 3.97. The van der Waals surface area contributed by atoms with Crippen LogP contribution in [-0.4, -0.2) is 25.0 Å². The molecule has 1 atom stereocenters. The van der Waals surface area contributed by atoms with E-state index in [9.17, 15) is 9.59 Å². The van der Waals surface area contributed by atoms with E-state index in [0.29, 0.717) is 16.9 Å². The lowest BCUT2D eigenvalue weighted by Gasteiger charge is -2.13. The summed E-state index contributed by atoms with van der Waals surface area (Å²) in [5, 5.41) is 0. The molecule has 23 heavy (non-hydrogen) atoms. The van der Waals surface area contributed by atoms with Crippen molar-refractivity contribution in [3.8, 4) is 5.75 Å². The molecule has 0 saturated carbocycles. The Morgan fingerprint density at radius 2 is 1.52 bits per heavy atom. The van der Waals surface area contributed by atoms with Crippen LogP contribution in [0.2, 0.25) is 0 Å². The van der Waals surface area contributed by atoms with Crippen molar-refractivity contribution < 1.29 is 19.1 Å². The molecular formula is C19H20O4. The number of hydrogen-bond donors (Lipinski definition) is 0. The maximum Gasteiger partial charge on any atom is 0.338 e. The Morgan fingerprint density at radius 1 is 0.913 bits per heavy atom. The molecule has 2 rings (SSSR count). The second kappa shape index (κ2) is 7.09. The van der Waals surface area contributed by atoms with E-state index >= 15 is 0 Å². The number of esters is 1. The topological polar surface area (TPSA) is 52.6 Å². The Morgan fingerprint density at radius 3 is 2.09 bits per heavy atom. The Kier molecular flexibility index (Phi) is 5.16. The number of Topliss-reactive ketones (excluding diaryl/α,β-unsaturated/α-hetero) is 1. The highest BCUT2D eigenvalue weighted by Crippen LogP contribution is 2.16. The standard InChI is InChI=1S/C19H20O4/c1-12-5-6-16(11-13(12)2)19(21)23-14(3)18(20)15-7-9-17(22-4)10-8-15/h5-11,14H,1-4H3. The highest BCUT2D eigenvalue weighted by Gasteiger charge is 2.20. The van der Waals surface area contributed by atoms with Crippen LogP contribution >= 0.6 is 0 Å². The summed E-state index contributed by atoms with van der Waals surface area (Å²) in [6.07, 6.45) is -0.850. The molecule has 0 heterocycles. The molecule has 0 bridgehead atoms. The molecule has 2 aromatic carbocycles. The van der Waals surface area contributed by atoms with Crippen LogP contribution in [-0.2, 0) is 4.74 Å². The number of carbonyl (C=O) groups excluding carboxylic acids is 2. The van der Waals surface area contributed by atoms with Crippen LogP contribution in [0.25, 0.3) is 0 Å². The normalized spacial score (nSPS) is 11.7. The first-order valence-corrected chi connectivity index (χ1v) is 7.39. The first kappa shape index (κ1) is 16.7. The first-order valence-electron chi connectivity index (χ1n) is 7.39. The summed E-state index contributed by atoms with van der Waals surface area (Å²) in [6, 6.07) is 12.0. The molecule has 0 aliphatic carbocycles. The van der Waals surface area contributed by atoms with Crippen molar-refractivity contribution in [3.05, 3.63) is 64.7 Å². The van der Waals surface area contributed by atoms with Gasteiger partial charge in [-0.1, -0.05) is 6.07 Å². The predicted octanol–water partition coefficient (Wildman–Crippen LogP) is 3.74. The number of hydrogen-bond acceptors (Lipinski definition) is 4. The minimum absolute atomic E-state index is 0.246. The van der Waals surface area contributed by atoms with Gasteiger partial charge in [-0.3, -0.25) is 4.79 Å². The fourth-order valence-electron chi connectivity index (χ4n) is 2.14. The van der Waals surface area contributed by atoms with E-state index in [-0.39, 0.29) is 5.78 Å². The molecule has 0 aliphatic heterocycles. The van der Waals surface area contributed by atoms with E-state index in [1.54, 1.807) is 50.4 Å². The van der Waals surface area contributed by atoms with E-state index in [1.807, 2.05) is 19.9 Å². The number of ketones is 1. The largest absolute Gasteiger partial charge is 0.497 e. The van der Waals surface area contributed by atoms with Crippen LogP contribution < -0.4 is 4.74 Å². The summed E-state index contributed by atoms with van der Waals surface area (Å²) in [6.45, 7) is 5.48. The van der Waals surface area contributed by atoms with E-state index < -0.39 is 12.1 Å². The van der Waals surface area contributed by atoms with E-state index in [0.717, 1.165) is 11.1 Å². The number of rotatable bonds is 5. The molecule has 2 aromatic rings. The Hall–Kier alpha value is -2.62. The number of ether oxygens (including phenoxy) is 2. The molecule has 0 radical (unpaired) electrons. The van der Waals surface area contributed by atoms with Crippen LogP contribution in [0.3, 0.4) is 0 Å². The van der Waals surface area contributed by atoms with Gasteiger partial charge in [0.1, 0.15) is 5.75 Å². The summed E-state index contributed by atoms with van der Waals surface area (Å²) in [5.41, 5.74) is 3.03. The molecular weight excluding hydrogens is 292 g/mol. The van der Waals surface area contributed by atoms with E-state index in [1.165, 1.54) is 0 Å². The predicted molar refractivity (Wildman–Crippen MR) is 88.1 cm³/mol. The van der Waals surface area contributed by atoms with Gasteiger partial charge < -0.3 is 9.47 Å². The quantitative estimate of drug-likeness (QED) is 0.623. The van der Waals surface area contributed by atoms with Crippen molar-refractivity contribution >= 4 is 11.8 Å². The lowest BCUT2D eigenvalue weighted by atomic mass is 10.1. The summed E-state index contributed by atoms with van der Waals surface area (Å²) < 4.78 is 10.3. The first-order chi connectivity index (χ1) is 10.9. The van der Waals surface area contributed by atoms with Crippen molar-refractivity contribution in [1.29, 1.82) is 0 Å². The minimum Gasteiger partial charge on any atom is -0.497 e. The molecule has 4 heteroatoms. The highest BCUT2D eigenvalue weighted by molar-refractivity contribution is 6.01. The zero-order chi connectivity index (χ0) is 17.0. The summed E-state index contributed by atoms with van der Waals surface area (Å²) in [5.74, 6) is -0.0753. The Balaban J connectivity index is 2.07. The van der Waals surface area contributed by atoms with E-state index in [4.69, 9.17) is 9.47 Å². The van der Waals surface area contributed by atoms with Crippen molar-refractivity contribution in [2.75, 3.05) is 7.11 Å². The van der Waals surface area contributed by atoms with Crippen molar-refractivity contribution in [2.45, 2.75) is 26.9 Å². The van der Waals surface area contributed by atoms with Gasteiger partial charge in [-0.15, -0.1) is 0 Å². The summed E-state index contributed by atoms with van der Waals surface area (Å²) in [4.78, 5) is 24.5. The smallest absolute Gasteiger partial charge is 0.338 e. The fraction of sp³-hybridized carbons (Fsp3) is 0.263. The molecule has 0 N–H and O–H groups in total. The fourth-order valence-corrected chi connectivity index (χ4v) is 2.14. The van der Waals surface area contributed by atoms with E-state index in [2.05, 4.69) is 0 Å². The van der Waals surface area contributed by atoms with Crippen LogP contribution in [0, 0.1) is 13.8 Å². The zero-order valence-corrected chi connectivity index (χ0v) is 13.8. The van der Waals surface area contributed by atoms with Gasteiger partial charge >= 0.3 is 5.97 Å². The van der Waals surface area contributed by atoms with Gasteiger partial charge in [-0.25, -0.2) is 4.79 Å². The van der Waals surface area contributed by atoms with Crippen molar-refractivity contribution in [3.63, 3.8) is 0 Å². The van der Waals surface area contributed by atoms with Crippen molar-refractivity contribution in [2.24, 2.45) is 0 Å². The van der Waals surface area contributed by atoms with Crippen LogP contribution in [0.1, 0.15) is 38.8 Å². The SMILES string of the molecule is COc1ccc(C(=O)C(C)OC(=O)c2ccc(C)c(C)c2)cc1. The molecule has 0 amide bonds. The lowest BCUT2D eigenvalue weighted by molar-refractivity contribution is 0.0318. The van der Waals surface area contributed by atoms with Crippen LogP contribution in [0.4, 0.5) is 0 Å². The molecule has 4 nitrogen and oxygen atoms in total. The second-order valence-corrected chi connectivity index (χ2v) is 5.44. The number of methoxy groups -OCH3 is 1. The maximum atomic E-state index is 12.3. The van der Waals surface area contributed by atoms with Gasteiger partial charge in [0.25, 0.3) is 0 Å². The van der Waals surface area contributed by atoms with Gasteiger partial charge in [-0.2, -0.15) is 0 Å². The molecule has 0 fully saturated rings. The summed E-state index contributed by atoms with van der Waals surface area (Å²) in [7, 11) is 1.56. The Labute approximate surface area is 136 Å². The molecule has 0 aromatic heterocycles. The molecule has 0 aliphatic rings. The third-order valence-electron chi connectivity index (χ3n) is 3.77. The Bertz CT molecular complexity index is 717. The third-order valence-corrected chi connectivity index (χ3v) is 3.77.